The summed E-state index contributed by atoms with van der Waals surface area (Å²) in [5.74, 6) is 0.224. The monoisotopic (exact) mass is 325 g/mol. The van der Waals surface area contributed by atoms with Crippen molar-refractivity contribution in [1.82, 2.24) is 14.7 Å². The van der Waals surface area contributed by atoms with Gasteiger partial charge in [0.05, 0.1) is 30.8 Å². The Morgan fingerprint density at radius 2 is 1.87 bits per heavy atom. The number of aliphatic hydroxyl groups is 1. The number of piperidine rings is 1. The molecule has 3 heterocycles. The van der Waals surface area contributed by atoms with Crippen LogP contribution in [0.5, 0.6) is 0 Å². The number of morpholine rings is 1. The van der Waals surface area contributed by atoms with E-state index in [1.165, 1.54) is 0 Å². The zero-order valence-corrected chi connectivity index (χ0v) is 14.6. The van der Waals surface area contributed by atoms with Gasteiger partial charge in [0.15, 0.2) is 0 Å². The van der Waals surface area contributed by atoms with E-state index < -0.39 is 5.60 Å². The fraction of sp³-hybridized carbons (Fsp3) is 0.941. The Hall–Kier alpha value is -0.690. The SMILES string of the molecule is CN1CCC[C@](C)(C(=O)N2CC[C@@](O)(CN3CCOCC3)C2)C1. The van der Waals surface area contributed by atoms with Gasteiger partial charge in [0, 0.05) is 32.7 Å². The van der Waals surface area contributed by atoms with Crippen molar-refractivity contribution in [3.05, 3.63) is 0 Å². The number of ether oxygens (including phenoxy) is 1. The minimum Gasteiger partial charge on any atom is -0.387 e. The molecule has 0 aromatic rings. The molecule has 6 nitrogen and oxygen atoms in total. The Bertz CT molecular complexity index is 441. The molecule has 1 amide bonds. The van der Waals surface area contributed by atoms with Crippen LogP contribution in [-0.2, 0) is 9.53 Å². The average Bonchev–Trinajstić information content (AvgIpc) is 2.89. The van der Waals surface area contributed by atoms with Crippen molar-refractivity contribution < 1.29 is 14.6 Å². The molecule has 0 bridgehead atoms. The number of hydrogen-bond acceptors (Lipinski definition) is 5. The van der Waals surface area contributed by atoms with Crippen molar-refractivity contribution in [3.63, 3.8) is 0 Å². The molecule has 3 aliphatic rings. The Morgan fingerprint density at radius 1 is 1.13 bits per heavy atom. The van der Waals surface area contributed by atoms with Gasteiger partial charge in [-0.2, -0.15) is 0 Å². The third-order valence-electron chi connectivity index (χ3n) is 5.64. The molecule has 0 radical (unpaired) electrons. The van der Waals surface area contributed by atoms with Gasteiger partial charge in [-0.1, -0.05) is 0 Å². The number of rotatable bonds is 3. The Balaban J connectivity index is 1.58. The number of β-amino-alcohol motifs (C(OH)–C–C–N with tert-alkyl or cyclic N) is 1. The molecule has 0 aromatic carbocycles. The lowest BCUT2D eigenvalue weighted by atomic mass is 9.80. The summed E-state index contributed by atoms with van der Waals surface area (Å²) >= 11 is 0. The number of carbonyl (C=O) groups is 1. The molecule has 23 heavy (non-hydrogen) atoms. The molecule has 3 aliphatic heterocycles. The maximum Gasteiger partial charge on any atom is 0.229 e. The molecule has 0 spiro atoms. The summed E-state index contributed by atoms with van der Waals surface area (Å²) in [6, 6.07) is 0. The standard InChI is InChI=1S/C17H31N3O3/c1-16(4-3-6-18(2)12-16)15(21)20-7-5-17(22,14-20)13-19-8-10-23-11-9-19/h22H,3-14H2,1-2H3/t16-,17+/m0/s1. The Kier molecular flexibility index (Phi) is 4.97. The Labute approximate surface area is 139 Å². The number of likely N-dealkylation sites (tertiary alicyclic amines) is 2. The average molecular weight is 325 g/mol. The predicted octanol–water partition coefficient (Wildman–Crippen LogP) is 0.0139. The van der Waals surface area contributed by atoms with Crippen LogP contribution in [0.2, 0.25) is 0 Å². The van der Waals surface area contributed by atoms with Gasteiger partial charge in [-0.3, -0.25) is 9.69 Å². The lowest BCUT2D eigenvalue weighted by molar-refractivity contribution is -0.144. The van der Waals surface area contributed by atoms with Gasteiger partial charge in [0.25, 0.3) is 0 Å². The minimum atomic E-state index is -0.760. The molecule has 0 unspecified atom stereocenters. The second-order valence-electron chi connectivity index (χ2n) is 7.99. The third-order valence-corrected chi connectivity index (χ3v) is 5.64. The molecule has 0 aliphatic carbocycles. The highest BCUT2D eigenvalue weighted by Gasteiger charge is 2.45. The van der Waals surface area contributed by atoms with Gasteiger partial charge < -0.3 is 19.6 Å². The van der Waals surface area contributed by atoms with Crippen LogP contribution < -0.4 is 0 Å². The van der Waals surface area contributed by atoms with Gasteiger partial charge >= 0.3 is 0 Å². The lowest BCUT2D eigenvalue weighted by Crippen LogP contribution is -2.52. The van der Waals surface area contributed by atoms with E-state index >= 15 is 0 Å². The molecule has 6 heteroatoms. The van der Waals surface area contributed by atoms with E-state index in [4.69, 9.17) is 4.74 Å². The van der Waals surface area contributed by atoms with E-state index in [1.807, 2.05) is 4.90 Å². The zero-order chi connectivity index (χ0) is 16.5. The van der Waals surface area contributed by atoms with E-state index in [1.54, 1.807) is 0 Å². The highest BCUT2D eigenvalue weighted by Crippen LogP contribution is 2.34. The highest BCUT2D eigenvalue weighted by atomic mass is 16.5. The predicted molar refractivity (Wildman–Crippen MR) is 88.2 cm³/mol. The fourth-order valence-corrected chi connectivity index (χ4v) is 4.38. The smallest absolute Gasteiger partial charge is 0.229 e. The maximum atomic E-state index is 13.0. The minimum absolute atomic E-state index is 0.224. The highest BCUT2D eigenvalue weighted by molar-refractivity contribution is 5.83. The van der Waals surface area contributed by atoms with Crippen LogP contribution >= 0.6 is 0 Å². The molecule has 1 N–H and O–H groups in total. The van der Waals surface area contributed by atoms with Gasteiger partial charge in [0.2, 0.25) is 5.91 Å². The molecule has 3 rings (SSSR count). The number of nitrogens with zero attached hydrogens (tertiary/aromatic N) is 3. The second kappa shape index (κ2) is 6.67. The second-order valence-corrected chi connectivity index (χ2v) is 7.99. The fourth-order valence-electron chi connectivity index (χ4n) is 4.38. The number of hydrogen-bond donors (Lipinski definition) is 1. The van der Waals surface area contributed by atoms with Crippen molar-refractivity contribution in [2.75, 3.05) is 66.1 Å². The van der Waals surface area contributed by atoms with E-state index in [2.05, 4.69) is 23.8 Å². The summed E-state index contributed by atoms with van der Waals surface area (Å²) in [6.07, 6.45) is 2.71. The van der Waals surface area contributed by atoms with Crippen LogP contribution in [-0.4, -0.2) is 97.4 Å². The van der Waals surface area contributed by atoms with E-state index in [-0.39, 0.29) is 11.3 Å². The van der Waals surface area contributed by atoms with Crippen LogP contribution in [0.15, 0.2) is 0 Å². The van der Waals surface area contributed by atoms with Crippen LogP contribution in [0.4, 0.5) is 0 Å². The molecule has 2 atom stereocenters. The van der Waals surface area contributed by atoms with Gasteiger partial charge in [-0.15, -0.1) is 0 Å². The van der Waals surface area contributed by atoms with Crippen LogP contribution in [0.25, 0.3) is 0 Å². The first-order chi connectivity index (χ1) is 10.9. The first-order valence-corrected chi connectivity index (χ1v) is 8.91. The quantitative estimate of drug-likeness (QED) is 0.792. The first kappa shape index (κ1) is 17.1. The van der Waals surface area contributed by atoms with Gasteiger partial charge in [0.1, 0.15) is 0 Å². The van der Waals surface area contributed by atoms with Crippen molar-refractivity contribution in [2.45, 2.75) is 31.8 Å². The van der Waals surface area contributed by atoms with Crippen LogP contribution in [0.1, 0.15) is 26.2 Å². The molecule has 3 fully saturated rings. The van der Waals surface area contributed by atoms with Crippen LogP contribution in [0, 0.1) is 5.41 Å². The van der Waals surface area contributed by atoms with Crippen molar-refractivity contribution in [2.24, 2.45) is 5.41 Å². The van der Waals surface area contributed by atoms with E-state index in [9.17, 15) is 9.90 Å². The zero-order valence-electron chi connectivity index (χ0n) is 14.6. The van der Waals surface area contributed by atoms with E-state index in [0.29, 0.717) is 26.1 Å². The normalized spacial score (nSPS) is 37.3. The molecule has 0 aromatic heterocycles. The van der Waals surface area contributed by atoms with Crippen LogP contribution in [0.3, 0.4) is 0 Å². The summed E-state index contributed by atoms with van der Waals surface area (Å²) in [7, 11) is 2.09. The summed E-state index contributed by atoms with van der Waals surface area (Å²) in [4.78, 5) is 19.4. The molecular formula is C17H31N3O3. The summed E-state index contributed by atoms with van der Waals surface area (Å²) < 4.78 is 5.37. The molecular weight excluding hydrogens is 294 g/mol. The largest absolute Gasteiger partial charge is 0.387 e. The van der Waals surface area contributed by atoms with Crippen molar-refractivity contribution in [1.29, 1.82) is 0 Å². The molecule has 132 valence electrons. The molecule has 3 saturated heterocycles. The van der Waals surface area contributed by atoms with Gasteiger partial charge in [-0.05, 0) is 39.8 Å². The molecule has 0 saturated carbocycles. The topological polar surface area (TPSA) is 56.2 Å². The third kappa shape index (κ3) is 3.87. The summed E-state index contributed by atoms with van der Waals surface area (Å²) in [5.41, 5.74) is -1.05. The summed E-state index contributed by atoms with van der Waals surface area (Å²) in [5, 5.41) is 10.9. The van der Waals surface area contributed by atoms with Crippen molar-refractivity contribution in [3.8, 4) is 0 Å². The lowest BCUT2D eigenvalue weighted by Gasteiger charge is -2.40. The summed E-state index contributed by atoms with van der Waals surface area (Å²) in [6.45, 7) is 9.01. The maximum absolute atomic E-state index is 13.0. The van der Waals surface area contributed by atoms with Gasteiger partial charge in [-0.25, -0.2) is 0 Å². The van der Waals surface area contributed by atoms with E-state index in [0.717, 1.165) is 52.2 Å². The Morgan fingerprint density at radius 3 is 2.57 bits per heavy atom. The van der Waals surface area contributed by atoms with Crippen molar-refractivity contribution >= 4 is 5.91 Å². The first-order valence-electron chi connectivity index (χ1n) is 8.91. The number of amides is 1. The number of carbonyl (C=O) groups excluding carboxylic acids is 1.